The molecule has 0 N–H and O–H groups in total. The van der Waals surface area contributed by atoms with Crippen molar-refractivity contribution in [3.8, 4) is 0 Å². The average molecular weight is 258 g/mol. The summed E-state index contributed by atoms with van der Waals surface area (Å²) >= 11 is 0. The van der Waals surface area contributed by atoms with E-state index in [-0.39, 0.29) is 5.78 Å². The maximum atomic E-state index is 11.4. The first-order valence-corrected chi connectivity index (χ1v) is 9.27. The zero-order chi connectivity index (χ0) is 13.8. The van der Waals surface area contributed by atoms with Crippen LogP contribution in [0.2, 0.25) is 13.1 Å². The molecule has 0 fully saturated rings. The Kier molecular flexibility index (Phi) is 4.85. The third-order valence-corrected chi connectivity index (χ3v) is 6.53. The van der Waals surface area contributed by atoms with E-state index in [9.17, 15) is 4.79 Å². The number of hydrogen-bond donors (Lipinski definition) is 0. The number of ketones is 1. The van der Waals surface area contributed by atoms with E-state index >= 15 is 0 Å². The number of benzene rings is 1. The molecule has 1 aromatic carbocycles. The molecule has 0 aromatic heterocycles. The molecule has 18 heavy (non-hydrogen) atoms. The van der Waals surface area contributed by atoms with E-state index in [1.165, 1.54) is 16.0 Å². The van der Waals surface area contributed by atoms with Crippen LogP contribution in [0.1, 0.15) is 20.8 Å². The maximum absolute atomic E-state index is 11.4. The van der Waals surface area contributed by atoms with Gasteiger partial charge in [0.05, 0.1) is 0 Å². The molecule has 0 saturated heterocycles. The molecule has 0 amide bonds. The second-order valence-corrected chi connectivity index (χ2v) is 9.83. The van der Waals surface area contributed by atoms with Crippen LogP contribution in [0.5, 0.6) is 0 Å². The summed E-state index contributed by atoms with van der Waals surface area (Å²) in [5.41, 5.74) is 1.24. The summed E-state index contributed by atoms with van der Waals surface area (Å²) in [6.45, 7) is 10.3. The largest absolute Gasteiger partial charge is 0.295 e. The third-order valence-electron chi connectivity index (χ3n) is 3.02. The van der Waals surface area contributed by atoms with Crippen molar-refractivity contribution in [2.75, 3.05) is 0 Å². The second kappa shape index (κ2) is 5.96. The molecule has 0 saturated carbocycles. The van der Waals surface area contributed by atoms with Gasteiger partial charge in [-0.1, -0.05) is 65.5 Å². The number of carbonyl (C=O) groups is 1. The highest BCUT2D eigenvalue weighted by atomic mass is 28.3. The summed E-state index contributed by atoms with van der Waals surface area (Å²) in [6, 6.07) is 10.5. The zero-order valence-electron chi connectivity index (χ0n) is 11.9. The van der Waals surface area contributed by atoms with E-state index in [1.54, 1.807) is 13.0 Å². The van der Waals surface area contributed by atoms with Gasteiger partial charge in [0.15, 0.2) is 5.78 Å². The first kappa shape index (κ1) is 14.6. The van der Waals surface area contributed by atoms with Crippen LogP contribution < -0.4 is 5.19 Å². The summed E-state index contributed by atoms with van der Waals surface area (Å²) in [4.78, 5) is 11.4. The van der Waals surface area contributed by atoms with E-state index in [4.69, 9.17) is 0 Å². The van der Waals surface area contributed by atoms with Crippen molar-refractivity contribution in [2.45, 2.75) is 33.9 Å². The van der Waals surface area contributed by atoms with Gasteiger partial charge < -0.3 is 0 Å². The van der Waals surface area contributed by atoms with Gasteiger partial charge in [-0.15, -0.1) is 0 Å². The molecule has 0 atom stereocenters. The van der Waals surface area contributed by atoms with Gasteiger partial charge in [-0.2, -0.15) is 0 Å². The lowest BCUT2D eigenvalue weighted by Gasteiger charge is -2.25. The van der Waals surface area contributed by atoms with E-state index < -0.39 is 8.07 Å². The molecule has 0 heterocycles. The van der Waals surface area contributed by atoms with Crippen LogP contribution in [0.15, 0.2) is 53.3 Å². The molecular formula is C16H22OSi. The van der Waals surface area contributed by atoms with Crippen molar-refractivity contribution >= 4 is 19.0 Å². The fourth-order valence-corrected chi connectivity index (χ4v) is 4.53. The summed E-state index contributed by atoms with van der Waals surface area (Å²) in [5.74, 6) is 0.124. The molecule has 96 valence electrons. The smallest absolute Gasteiger partial charge is 0.152 e. The first-order valence-electron chi connectivity index (χ1n) is 6.27. The number of carbonyl (C=O) groups excluding carboxylic acids is 1. The Labute approximate surface area is 111 Å². The van der Waals surface area contributed by atoms with Gasteiger partial charge in [-0.05, 0) is 26.8 Å². The first-order chi connectivity index (χ1) is 8.34. The van der Waals surface area contributed by atoms with Crippen LogP contribution in [-0.2, 0) is 4.79 Å². The van der Waals surface area contributed by atoms with Gasteiger partial charge in [0.25, 0.3) is 0 Å². The van der Waals surface area contributed by atoms with Crippen molar-refractivity contribution in [1.29, 1.82) is 0 Å². The highest BCUT2D eigenvalue weighted by molar-refractivity contribution is 6.96. The highest BCUT2D eigenvalue weighted by Gasteiger charge is 2.27. The van der Waals surface area contributed by atoms with Crippen LogP contribution >= 0.6 is 0 Å². The van der Waals surface area contributed by atoms with E-state index in [1.807, 2.05) is 6.07 Å². The second-order valence-electron chi connectivity index (χ2n) is 5.42. The number of rotatable bonds is 4. The summed E-state index contributed by atoms with van der Waals surface area (Å²) in [7, 11) is -1.77. The topological polar surface area (TPSA) is 17.1 Å². The van der Waals surface area contributed by atoms with Crippen LogP contribution in [0.3, 0.4) is 0 Å². The monoisotopic (exact) mass is 258 g/mol. The molecule has 0 radical (unpaired) electrons. The molecule has 0 aliphatic heterocycles. The van der Waals surface area contributed by atoms with Gasteiger partial charge in [0, 0.05) is 0 Å². The van der Waals surface area contributed by atoms with Crippen molar-refractivity contribution < 1.29 is 4.79 Å². The third kappa shape index (κ3) is 3.81. The molecule has 0 aliphatic carbocycles. The van der Waals surface area contributed by atoms with Gasteiger partial charge in [-0.3, -0.25) is 4.79 Å². The molecule has 0 aliphatic rings. The Morgan fingerprint density at radius 3 is 2.00 bits per heavy atom. The molecule has 1 aromatic rings. The van der Waals surface area contributed by atoms with E-state index in [0.717, 1.165) is 0 Å². The quantitative estimate of drug-likeness (QED) is 0.458. The summed E-state index contributed by atoms with van der Waals surface area (Å²) in [6.07, 6.45) is 3.95. The van der Waals surface area contributed by atoms with Gasteiger partial charge in [0.2, 0.25) is 0 Å². The molecule has 1 nitrogen and oxygen atoms in total. The lowest BCUT2D eigenvalue weighted by atomic mass is 10.3. The molecule has 0 bridgehead atoms. The Morgan fingerprint density at radius 1 is 1.00 bits per heavy atom. The average Bonchev–Trinajstić information content (AvgIpc) is 2.28. The Balaban J connectivity index is 3.29. The van der Waals surface area contributed by atoms with Crippen LogP contribution in [0.4, 0.5) is 0 Å². The lowest BCUT2D eigenvalue weighted by molar-refractivity contribution is -0.112. The van der Waals surface area contributed by atoms with Crippen molar-refractivity contribution in [3.05, 3.63) is 53.3 Å². The van der Waals surface area contributed by atoms with Crippen molar-refractivity contribution in [1.82, 2.24) is 0 Å². The predicted octanol–water partition coefficient (Wildman–Crippen LogP) is 3.62. The van der Waals surface area contributed by atoms with Gasteiger partial charge >= 0.3 is 0 Å². The van der Waals surface area contributed by atoms with Gasteiger partial charge in [0.1, 0.15) is 8.07 Å². The fourth-order valence-electron chi connectivity index (χ4n) is 1.95. The summed E-state index contributed by atoms with van der Waals surface area (Å²) in [5, 5.41) is 2.55. The Bertz CT molecular complexity index is 477. The Morgan fingerprint density at radius 2 is 1.56 bits per heavy atom. The minimum Gasteiger partial charge on any atom is -0.295 e. The standard InChI is InChI=1S/C16H22OSi/c1-13(2)11-16(12-14(3)17)18(4,5)15-9-7-6-8-10-15/h6-12H,1-5H3/b16-12-. The van der Waals surface area contributed by atoms with Gasteiger partial charge in [-0.25, -0.2) is 0 Å². The molecule has 0 unspecified atom stereocenters. The highest BCUT2D eigenvalue weighted by Crippen LogP contribution is 2.18. The molecule has 0 spiro atoms. The lowest BCUT2D eigenvalue weighted by Crippen LogP contribution is -2.43. The maximum Gasteiger partial charge on any atom is 0.152 e. The molecular weight excluding hydrogens is 236 g/mol. The normalized spacial score (nSPS) is 12.2. The molecule has 2 heteroatoms. The van der Waals surface area contributed by atoms with Crippen LogP contribution in [0.25, 0.3) is 0 Å². The van der Waals surface area contributed by atoms with Crippen LogP contribution in [0, 0.1) is 0 Å². The predicted molar refractivity (Wildman–Crippen MR) is 81.8 cm³/mol. The SMILES string of the molecule is CC(=O)/C=C(/C=C(C)C)[Si](C)(C)c1ccccc1. The minimum atomic E-state index is -1.77. The van der Waals surface area contributed by atoms with E-state index in [2.05, 4.69) is 57.3 Å². The van der Waals surface area contributed by atoms with Crippen molar-refractivity contribution in [3.63, 3.8) is 0 Å². The van der Waals surface area contributed by atoms with E-state index in [0.29, 0.717) is 0 Å². The molecule has 1 rings (SSSR count). The summed E-state index contributed by atoms with van der Waals surface area (Å²) < 4.78 is 0. The zero-order valence-corrected chi connectivity index (χ0v) is 12.9. The Hall–Kier alpha value is -1.41. The van der Waals surface area contributed by atoms with Crippen LogP contribution in [-0.4, -0.2) is 13.9 Å². The number of allylic oxidation sites excluding steroid dienone is 4. The number of hydrogen-bond acceptors (Lipinski definition) is 1. The minimum absolute atomic E-state index is 0.124. The fraction of sp³-hybridized carbons (Fsp3) is 0.312. The van der Waals surface area contributed by atoms with Crippen molar-refractivity contribution in [2.24, 2.45) is 0 Å².